The van der Waals surface area contributed by atoms with Crippen molar-refractivity contribution in [3.8, 4) is 0 Å². The molecule has 7 rings (SSSR count). The molecule has 19 nitrogen and oxygen atoms in total. The van der Waals surface area contributed by atoms with Crippen LogP contribution in [0.3, 0.4) is 0 Å². The van der Waals surface area contributed by atoms with E-state index in [0.717, 1.165) is 7.11 Å². The van der Waals surface area contributed by atoms with Crippen LogP contribution in [-0.4, -0.2) is 135 Å². The number of ketones is 1. The summed E-state index contributed by atoms with van der Waals surface area (Å²) in [5, 5.41) is 61.1. The highest BCUT2D eigenvalue weighted by Gasteiger charge is 2.65. The van der Waals surface area contributed by atoms with Crippen molar-refractivity contribution in [3.63, 3.8) is 0 Å². The molecule has 4 fully saturated rings. The van der Waals surface area contributed by atoms with E-state index in [-0.39, 0.29) is 35.5 Å². The Labute approximate surface area is 396 Å². The summed E-state index contributed by atoms with van der Waals surface area (Å²) in [5.41, 5.74) is -5.35. The van der Waals surface area contributed by atoms with Crippen molar-refractivity contribution in [2.45, 2.75) is 160 Å². The maximum absolute atomic E-state index is 15.3. The first kappa shape index (κ1) is 51.5. The number of nitrogens with one attached hydrogen (secondary N) is 1. The van der Waals surface area contributed by atoms with Crippen molar-refractivity contribution < 1.29 is 77.7 Å². The highest BCUT2D eigenvalue weighted by atomic mass is 16.8. The minimum absolute atomic E-state index is 0.0137. The number of ether oxygens (including phenoxy) is 7. The zero-order chi connectivity index (χ0) is 49.9. The number of fused-ring (bicyclic) bond motifs is 4. The van der Waals surface area contributed by atoms with Gasteiger partial charge in [-0.3, -0.25) is 19.6 Å². The molecule has 376 valence electrons. The van der Waals surface area contributed by atoms with Crippen LogP contribution in [0.5, 0.6) is 0 Å². The number of hydroxylamine groups is 2. The molecule has 3 heterocycles. The lowest BCUT2D eigenvalue weighted by molar-refractivity contribution is -0.279. The number of carbonyl (C=O) groups is 5. The third-order valence-electron chi connectivity index (χ3n) is 16.0. The number of esters is 2. The van der Waals surface area contributed by atoms with E-state index in [9.17, 15) is 44.9 Å². The Morgan fingerprint density at radius 3 is 2.28 bits per heavy atom. The molecule has 19 heteroatoms. The molecule has 0 radical (unpaired) electrons. The fourth-order valence-corrected chi connectivity index (χ4v) is 12.7. The topological polar surface area (TPSA) is 269 Å². The minimum Gasteiger partial charge on any atom is -0.762 e. The summed E-state index contributed by atoms with van der Waals surface area (Å²) in [6, 6.07) is -1.04. The maximum atomic E-state index is 15.3. The third-order valence-corrected chi connectivity index (χ3v) is 16.0. The zero-order valence-corrected chi connectivity index (χ0v) is 40.2. The maximum Gasteiger partial charge on any atom is 0.407 e. The fraction of sp³-hybridized carbons (Fsp3) is 0.694. The summed E-state index contributed by atoms with van der Waals surface area (Å²) >= 11 is 0. The van der Waals surface area contributed by atoms with Crippen LogP contribution in [-0.2, 0) is 52.3 Å². The molecular weight excluding hydrogens is 889 g/mol. The number of rotatable bonds is 8. The lowest BCUT2D eigenvalue weighted by atomic mass is 9.48. The average Bonchev–Trinajstić information content (AvgIpc) is 3.51. The highest BCUT2D eigenvalue weighted by molar-refractivity contribution is 6.26. The standard InChI is InChI=1S/C49H67N2O17/c1-22-11-14-34(66-37-20-47(8,51(60)61)42(27(6)64-37)50-46(59)62-10)23(2)16-32-33(54)17-29(21-52)19-49(32)44(57)38(45(58)68-49)43(56)48(9)31(22)13-12-30-39(48)24(3)15-25(4)41(30)67-36-18-35(65-28(7)53)40(55)26(5)63-36/h11-14,16-17,21-22,24-27,30-37,39-42,54-56,60H,15,18-20H2,1-10H3,(H,50,59)/q-1/b14-11+,23-16?,43-38?/t22?,24-,25-,26-,27+,30-,31-,32+,33-,34-,35+,36-,37-,39+,40-,41-,42-,47-,48+,49?/m0/s1. The average molecular weight is 956 g/mol. The largest absolute Gasteiger partial charge is 0.762 e. The van der Waals surface area contributed by atoms with E-state index < -0.39 is 149 Å². The molecule has 3 saturated heterocycles. The van der Waals surface area contributed by atoms with E-state index in [1.807, 2.05) is 39.0 Å². The summed E-state index contributed by atoms with van der Waals surface area (Å²) < 4.78 is 42.1. The molecule has 0 aromatic carbocycles. The zero-order valence-electron chi connectivity index (χ0n) is 40.2. The summed E-state index contributed by atoms with van der Waals surface area (Å²) in [7, 11) is 1.16. The van der Waals surface area contributed by atoms with Gasteiger partial charge in [0.25, 0.3) is 0 Å². The normalized spacial score (nSPS) is 45.4. The number of Topliss-reactive ketones (excluding diaryl/α,β-unsaturated/α-hetero) is 1. The molecule has 68 heavy (non-hydrogen) atoms. The van der Waals surface area contributed by atoms with Crippen molar-refractivity contribution in [3.05, 3.63) is 64.1 Å². The predicted molar refractivity (Wildman–Crippen MR) is 238 cm³/mol. The number of allylic oxidation sites excluding steroid dienone is 3. The molecule has 0 aromatic rings. The molecule has 1 spiro atoms. The lowest BCUT2D eigenvalue weighted by Crippen LogP contribution is -2.67. The Hall–Kier alpha value is -4.31. The van der Waals surface area contributed by atoms with Crippen LogP contribution in [0, 0.1) is 52.0 Å². The lowest BCUT2D eigenvalue weighted by Gasteiger charge is -2.57. The number of aliphatic hydroxyl groups excluding tert-OH is 3. The van der Waals surface area contributed by atoms with Crippen LogP contribution in [0.1, 0.15) is 88.0 Å². The first-order valence-corrected chi connectivity index (χ1v) is 23.5. The van der Waals surface area contributed by atoms with Gasteiger partial charge in [0.2, 0.25) is 5.78 Å². The highest BCUT2D eigenvalue weighted by Crippen LogP contribution is 2.61. The Morgan fingerprint density at radius 2 is 1.63 bits per heavy atom. The van der Waals surface area contributed by atoms with E-state index in [2.05, 4.69) is 12.2 Å². The molecule has 2 bridgehead atoms. The van der Waals surface area contributed by atoms with Gasteiger partial charge in [0.15, 0.2) is 18.2 Å². The number of nitrogens with zero attached hydrogens (tertiary/aromatic N) is 1. The van der Waals surface area contributed by atoms with Crippen LogP contribution < -0.4 is 5.32 Å². The first-order valence-electron chi connectivity index (χ1n) is 23.5. The van der Waals surface area contributed by atoms with Gasteiger partial charge in [-0.25, -0.2) is 9.59 Å². The van der Waals surface area contributed by atoms with E-state index >= 15 is 4.79 Å². The summed E-state index contributed by atoms with van der Waals surface area (Å²) in [4.78, 5) is 66.3. The first-order chi connectivity index (χ1) is 31.9. The summed E-state index contributed by atoms with van der Waals surface area (Å²) in [5.74, 6) is -6.48. The second-order valence-corrected chi connectivity index (χ2v) is 20.5. The van der Waals surface area contributed by atoms with Crippen molar-refractivity contribution in [2.24, 2.45) is 46.8 Å². The van der Waals surface area contributed by atoms with Gasteiger partial charge in [0, 0.05) is 37.5 Å². The van der Waals surface area contributed by atoms with Crippen LogP contribution in [0.2, 0.25) is 0 Å². The number of amides is 1. The van der Waals surface area contributed by atoms with Gasteiger partial charge in [-0.15, -0.1) is 0 Å². The molecule has 0 aromatic heterocycles. The number of carbonyl (C=O) groups excluding carboxylic acids is 5. The van der Waals surface area contributed by atoms with Gasteiger partial charge >= 0.3 is 18.0 Å². The van der Waals surface area contributed by atoms with Crippen LogP contribution >= 0.6 is 0 Å². The molecule has 3 aliphatic heterocycles. The Kier molecular flexibility index (Phi) is 14.8. The van der Waals surface area contributed by atoms with Crippen molar-refractivity contribution in [1.82, 2.24) is 10.5 Å². The van der Waals surface area contributed by atoms with Gasteiger partial charge < -0.3 is 64.2 Å². The number of alkyl carbamates (subject to hydrolysis) is 1. The van der Waals surface area contributed by atoms with Crippen LogP contribution in [0.15, 0.2) is 58.9 Å². The number of hydrogen-bond donors (Lipinski definition) is 5. The molecule has 5 N–H and O–H groups in total. The van der Waals surface area contributed by atoms with E-state index in [0.29, 0.717) is 18.3 Å². The van der Waals surface area contributed by atoms with Gasteiger partial charge in [-0.1, -0.05) is 58.1 Å². The Balaban J connectivity index is 1.34. The molecule has 1 amide bonds. The molecule has 1 saturated carbocycles. The Morgan fingerprint density at radius 1 is 0.941 bits per heavy atom. The van der Waals surface area contributed by atoms with Crippen LogP contribution in [0.25, 0.3) is 0 Å². The molecule has 20 atom stereocenters. The number of aldehydes is 1. The van der Waals surface area contributed by atoms with E-state index in [4.69, 9.17) is 33.2 Å². The summed E-state index contributed by atoms with van der Waals surface area (Å²) in [6.45, 7) is 15.5. The van der Waals surface area contributed by atoms with Crippen molar-refractivity contribution in [1.29, 1.82) is 0 Å². The van der Waals surface area contributed by atoms with Gasteiger partial charge in [-0.05, 0) is 80.9 Å². The van der Waals surface area contributed by atoms with Crippen molar-refractivity contribution in [2.75, 3.05) is 7.11 Å². The molecule has 4 aliphatic carbocycles. The van der Waals surface area contributed by atoms with Gasteiger partial charge in [-0.2, -0.15) is 0 Å². The minimum atomic E-state index is -2.16. The van der Waals surface area contributed by atoms with Crippen molar-refractivity contribution >= 4 is 30.1 Å². The number of methoxy groups -OCH3 is 1. The smallest absolute Gasteiger partial charge is 0.407 e. The SMILES string of the molecule is COC(=O)N[C@H]1[C@@H](C)O[C@@H](O[C@H]2/C=C/C(C)[C@@H]3C=C[C@@H]4[C@@H](O[C@H]5C[C@@H](OC(C)=O)[C@@H](O)[C@H](C)O5)[C@@H](C)C[C@H](C)[C@H]4[C@]3(C)C(O)=C3C(=O)OC4(CC(C=O)=C[C@H](O)[C@H]4C=C2C)C3=O)C[C@]1(C)N([O-])O. The van der Waals surface area contributed by atoms with E-state index in [1.54, 1.807) is 32.9 Å². The predicted octanol–water partition coefficient (Wildman–Crippen LogP) is 4.43. The fourth-order valence-electron chi connectivity index (χ4n) is 12.7. The van der Waals surface area contributed by atoms with Gasteiger partial charge in [0.1, 0.15) is 29.8 Å². The third kappa shape index (κ3) is 9.02. The monoisotopic (exact) mass is 955 g/mol. The second-order valence-electron chi connectivity index (χ2n) is 20.5. The second kappa shape index (κ2) is 19.5. The number of hydrogen-bond acceptors (Lipinski definition) is 18. The number of aliphatic hydroxyl groups is 3. The molecule has 2 unspecified atom stereocenters. The summed E-state index contributed by atoms with van der Waals surface area (Å²) in [6.07, 6.45) is 1.44. The molecule has 7 aliphatic rings. The van der Waals surface area contributed by atoms with Crippen LogP contribution in [0.4, 0.5) is 4.79 Å². The molecular formula is C49H67N2O17-. The van der Waals surface area contributed by atoms with Gasteiger partial charge in [0.05, 0.1) is 55.1 Å². The quantitative estimate of drug-likeness (QED) is 0.0562. The Bertz CT molecular complexity index is 2150. The van der Waals surface area contributed by atoms with E-state index in [1.165, 1.54) is 19.9 Å².